The number of phenols is 1. The van der Waals surface area contributed by atoms with E-state index < -0.39 is 11.6 Å². The Hall–Kier alpha value is -2.24. The van der Waals surface area contributed by atoms with Crippen molar-refractivity contribution < 1.29 is 19.0 Å². The number of carbonyl (C=O) groups excluding carboxylic acids is 1. The maximum absolute atomic E-state index is 13.5. The number of carbonyl (C=O) groups is 1. The van der Waals surface area contributed by atoms with E-state index in [-0.39, 0.29) is 17.9 Å². The molecule has 2 aromatic rings. The van der Waals surface area contributed by atoms with E-state index in [1.54, 1.807) is 0 Å². The predicted octanol–water partition coefficient (Wildman–Crippen LogP) is 3.68. The van der Waals surface area contributed by atoms with Gasteiger partial charge in [-0.3, -0.25) is 9.69 Å². The molecule has 1 unspecified atom stereocenters. The largest absolute Gasteiger partial charge is 0.505 e. The van der Waals surface area contributed by atoms with E-state index in [2.05, 4.69) is 29.2 Å². The lowest BCUT2D eigenvalue weighted by atomic mass is 9.91. The summed E-state index contributed by atoms with van der Waals surface area (Å²) in [6.07, 6.45) is 2.92. The highest BCUT2D eigenvalue weighted by Crippen LogP contribution is 2.47. The lowest BCUT2D eigenvalue weighted by Gasteiger charge is -2.30. The summed E-state index contributed by atoms with van der Waals surface area (Å²) >= 11 is 0. The molecule has 1 heterocycles. The van der Waals surface area contributed by atoms with Gasteiger partial charge in [0, 0.05) is 32.2 Å². The molecule has 4 nitrogen and oxygen atoms in total. The van der Waals surface area contributed by atoms with Crippen molar-refractivity contribution in [1.29, 1.82) is 0 Å². The van der Waals surface area contributed by atoms with Crippen LogP contribution in [0, 0.1) is 17.7 Å². The summed E-state index contributed by atoms with van der Waals surface area (Å²) in [6.45, 7) is 2.03. The fraction of sp³-hybridized carbons (Fsp3) is 0.435. The number of ether oxygens (including phenoxy) is 1. The number of fused-ring (bicyclic) bond motifs is 1. The van der Waals surface area contributed by atoms with Gasteiger partial charge < -0.3 is 9.84 Å². The summed E-state index contributed by atoms with van der Waals surface area (Å²) in [7, 11) is 1.81. The van der Waals surface area contributed by atoms with Crippen LogP contribution in [0.3, 0.4) is 0 Å². The Balaban J connectivity index is 1.37. The molecule has 2 aliphatic rings. The lowest BCUT2D eigenvalue weighted by molar-refractivity contribution is -0.0129. The number of hydrogen-bond acceptors (Lipinski definition) is 4. The number of aromatic hydroxyl groups is 1. The van der Waals surface area contributed by atoms with E-state index in [1.807, 2.05) is 13.2 Å². The normalized spacial score (nSPS) is 27.1. The highest BCUT2D eigenvalue weighted by Gasteiger charge is 2.49. The molecule has 0 amide bonds. The highest BCUT2D eigenvalue weighted by molar-refractivity contribution is 5.97. The molecular formula is C23H26FNO3. The van der Waals surface area contributed by atoms with Crippen LogP contribution in [0.5, 0.6) is 5.75 Å². The number of rotatable bonds is 6. The molecule has 0 bridgehead atoms. The Labute approximate surface area is 164 Å². The number of nitrogens with zero attached hydrogens (tertiary/aromatic N) is 1. The zero-order valence-corrected chi connectivity index (χ0v) is 16.1. The van der Waals surface area contributed by atoms with E-state index >= 15 is 0 Å². The van der Waals surface area contributed by atoms with E-state index in [9.17, 15) is 14.3 Å². The third kappa shape index (κ3) is 3.82. The predicted molar refractivity (Wildman–Crippen MR) is 105 cm³/mol. The standard InChI is InChI=1S/C23H26FNO3/c1-28-23(10-16-5-3-2-4-6-16)11-18-13-25(14-19(18)12-23)15-22(27)17-7-8-21(26)20(24)9-17/h2-9,18-19,26H,10-15H2,1H3/t18-,19?,23-/m1/s1. The van der Waals surface area contributed by atoms with Gasteiger partial charge in [-0.05, 0) is 48.4 Å². The van der Waals surface area contributed by atoms with Crippen LogP contribution in [0.25, 0.3) is 0 Å². The third-order valence-corrected chi connectivity index (χ3v) is 6.36. The minimum Gasteiger partial charge on any atom is -0.505 e. The molecule has 4 rings (SSSR count). The van der Waals surface area contributed by atoms with E-state index in [0.717, 1.165) is 38.4 Å². The smallest absolute Gasteiger partial charge is 0.176 e. The van der Waals surface area contributed by atoms with Gasteiger partial charge in [0.1, 0.15) is 0 Å². The minimum absolute atomic E-state index is 0.110. The van der Waals surface area contributed by atoms with E-state index in [1.165, 1.54) is 17.7 Å². The molecule has 3 atom stereocenters. The second-order valence-corrected chi connectivity index (χ2v) is 8.26. The van der Waals surface area contributed by atoms with Crippen LogP contribution in [-0.4, -0.2) is 48.1 Å². The van der Waals surface area contributed by atoms with Gasteiger partial charge >= 0.3 is 0 Å². The molecule has 2 fully saturated rings. The Morgan fingerprint density at radius 1 is 1.18 bits per heavy atom. The van der Waals surface area contributed by atoms with Gasteiger partial charge in [0.2, 0.25) is 0 Å². The van der Waals surface area contributed by atoms with Gasteiger partial charge in [-0.25, -0.2) is 4.39 Å². The van der Waals surface area contributed by atoms with Gasteiger partial charge in [-0.1, -0.05) is 30.3 Å². The Kier molecular flexibility index (Phi) is 5.21. The van der Waals surface area contributed by atoms with Crippen LogP contribution in [-0.2, 0) is 11.2 Å². The fourth-order valence-corrected chi connectivity index (χ4v) is 4.99. The Morgan fingerprint density at radius 2 is 1.86 bits per heavy atom. The average molecular weight is 383 g/mol. The number of phenolic OH excluding ortho intramolecular Hbond substituents is 1. The molecular weight excluding hydrogens is 357 g/mol. The second kappa shape index (κ2) is 7.64. The van der Waals surface area contributed by atoms with Crippen molar-refractivity contribution in [3.63, 3.8) is 0 Å². The van der Waals surface area contributed by atoms with E-state index in [4.69, 9.17) is 4.74 Å². The van der Waals surface area contributed by atoms with Crippen molar-refractivity contribution in [2.24, 2.45) is 11.8 Å². The van der Waals surface area contributed by atoms with Crippen molar-refractivity contribution in [3.8, 4) is 5.75 Å². The molecule has 0 aromatic heterocycles. The second-order valence-electron chi connectivity index (χ2n) is 8.26. The van der Waals surface area contributed by atoms with Crippen LogP contribution >= 0.6 is 0 Å². The fourth-order valence-electron chi connectivity index (χ4n) is 4.99. The summed E-state index contributed by atoms with van der Waals surface area (Å²) in [6, 6.07) is 14.3. The number of methoxy groups -OCH3 is 1. The maximum atomic E-state index is 13.5. The molecule has 5 heteroatoms. The van der Waals surface area contributed by atoms with Crippen molar-refractivity contribution in [2.45, 2.75) is 24.9 Å². The first kappa shape index (κ1) is 19.1. The van der Waals surface area contributed by atoms with Crippen LogP contribution in [0.15, 0.2) is 48.5 Å². The molecule has 1 aliphatic carbocycles. The molecule has 0 spiro atoms. The molecule has 1 saturated heterocycles. The van der Waals surface area contributed by atoms with Crippen molar-refractivity contribution in [1.82, 2.24) is 4.90 Å². The SMILES string of the molecule is CO[C@@]1(Cc2ccccc2)CC2CN(CC(=O)c3ccc(O)c(F)c3)C[C@H]2C1. The van der Waals surface area contributed by atoms with Crippen molar-refractivity contribution in [3.05, 3.63) is 65.5 Å². The van der Waals surface area contributed by atoms with Crippen molar-refractivity contribution >= 4 is 5.78 Å². The number of likely N-dealkylation sites (tertiary alicyclic amines) is 1. The first-order valence-corrected chi connectivity index (χ1v) is 9.81. The van der Waals surface area contributed by atoms with Crippen LogP contribution in [0.4, 0.5) is 4.39 Å². The summed E-state index contributed by atoms with van der Waals surface area (Å²) < 4.78 is 19.5. The van der Waals surface area contributed by atoms with Gasteiger partial charge in [0.05, 0.1) is 12.1 Å². The van der Waals surface area contributed by atoms with Gasteiger partial charge in [-0.2, -0.15) is 0 Å². The lowest BCUT2D eigenvalue weighted by Crippen LogP contribution is -2.35. The van der Waals surface area contributed by atoms with E-state index in [0.29, 0.717) is 17.4 Å². The molecule has 1 saturated carbocycles. The number of ketones is 1. The van der Waals surface area contributed by atoms with Crippen LogP contribution in [0.1, 0.15) is 28.8 Å². The highest BCUT2D eigenvalue weighted by atomic mass is 19.1. The summed E-state index contributed by atoms with van der Waals surface area (Å²) in [5.41, 5.74) is 1.49. The number of hydrogen-bond donors (Lipinski definition) is 1. The minimum atomic E-state index is -0.755. The first-order valence-electron chi connectivity index (χ1n) is 9.81. The maximum Gasteiger partial charge on any atom is 0.176 e. The topological polar surface area (TPSA) is 49.8 Å². The molecule has 148 valence electrons. The quantitative estimate of drug-likeness (QED) is 0.773. The van der Waals surface area contributed by atoms with Crippen LogP contribution < -0.4 is 0 Å². The van der Waals surface area contributed by atoms with Gasteiger partial charge in [0.25, 0.3) is 0 Å². The number of Topliss-reactive ketones (excluding diaryl/α,β-unsaturated/α-hetero) is 1. The van der Waals surface area contributed by atoms with Crippen molar-refractivity contribution in [2.75, 3.05) is 26.7 Å². The van der Waals surface area contributed by atoms with Gasteiger partial charge in [0.15, 0.2) is 17.3 Å². The molecule has 28 heavy (non-hydrogen) atoms. The number of halogens is 1. The Morgan fingerprint density at radius 3 is 2.46 bits per heavy atom. The zero-order valence-electron chi connectivity index (χ0n) is 16.1. The zero-order chi connectivity index (χ0) is 19.7. The Bertz CT molecular complexity index is 840. The summed E-state index contributed by atoms with van der Waals surface area (Å²) in [5.74, 6) is -0.251. The average Bonchev–Trinajstić information content (AvgIpc) is 3.20. The molecule has 1 N–H and O–H groups in total. The first-order chi connectivity index (χ1) is 13.5. The molecule has 1 aliphatic heterocycles. The summed E-state index contributed by atoms with van der Waals surface area (Å²) in [4.78, 5) is 14.7. The molecule has 0 radical (unpaired) electrons. The number of benzene rings is 2. The monoisotopic (exact) mass is 383 g/mol. The van der Waals surface area contributed by atoms with Crippen LogP contribution in [0.2, 0.25) is 0 Å². The third-order valence-electron chi connectivity index (χ3n) is 6.36. The summed E-state index contributed by atoms with van der Waals surface area (Å²) in [5, 5.41) is 9.29. The molecule has 2 aromatic carbocycles. The van der Waals surface area contributed by atoms with Gasteiger partial charge in [-0.15, -0.1) is 0 Å².